The highest BCUT2D eigenvalue weighted by Crippen LogP contribution is 2.15. The van der Waals surface area contributed by atoms with Gasteiger partial charge in [0.05, 0.1) is 30.5 Å². The van der Waals surface area contributed by atoms with Crippen LogP contribution in [0.5, 0.6) is 0 Å². The quantitative estimate of drug-likeness (QED) is 0.832. The van der Waals surface area contributed by atoms with E-state index in [-0.39, 0.29) is 24.0 Å². The molecule has 2 heterocycles. The van der Waals surface area contributed by atoms with Crippen LogP contribution in [0.25, 0.3) is 0 Å². The number of nitrogens with two attached hydrogens (primary N) is 1. The Morgan fingerprint density at radius 3 is 3.11 bits per heavy atom. The smallest absolute Gasteiger partial charge is 0.228 e. The van der Waals surface area contributed by atoms with Gasteiger partial charge < -0.3 is 15.8 Å². The summed E-state index contributed by atoms with van der Waals surface area (Å²) in [5, 5.41) is 7.05. The first-order valence-electron chi connectivity index (χ1n) is 6.77. The van der Waals surface area contributed by atoms with Crippen molar-refractivity contribution in [2.45, 2.75) is 45.4 Å². The highest BCUT2D eigenvalue weighted by Gasteiger charge is 2.19. The highest BCUT2D eigenvalue weighted by molar-refractivity contribution is 5.92. The van der Waals surface area contributed by atoms with Gasteiger partial charge in [-0.2, -0.15) is 5.10 Å². The molecule has 0 spiro atoms. The summed E-state index contributed by atoms with van der Waals surface area (Å²) in [7, 11) is 0. The van der Waals surface area contributed by atoms with E-state index in [0.29, 0.717) is 5.69 Å². The summed E-state index contributed by atoms with van der Waals surface area (Å²) in [6.07, 6.45) is 5.91. The first-order chi connectivity index (χ1) is 9.06. The van der Waals surface area contributed by atoms with Crippen molar-refractivity contribution in [2.75, 3.05) is 11.9 Å². The number of amides is 1. The van der Waals surface area contributed by atoms with Gasteiger partial charge in [-0.25, -0.2) is 0 Å². The summed E-state index contributed by atoms with van der Waals surface area (Å²) in [6, 6.07) is -0.165. The average molecular weight is 266 g/mol. The van der Waals surface area contributed by atoms with Crippen LogP contribution in [0.1, 0.15) is 26.7 Å². The van der Waals surface area contributed by atoms with Crippen molar-refractivity contribution in [1.82, 2.24) is 9.78 Å². The van der Waals surface area contributed by atoms with Crippen molar-refractivity contribution in [3.8, 4) is 0 Å². The van der Waals surface area contributed by atoms with Crippen LogP contribution in [-0.4, -0.2) is 34.4 Å². The molecule has 3 unspecified atom stereocenters. The van der Waals surface area contributed by atoms with Gasteiger partial charge in [0.2, 0.25) is 5.91 Å². The molecule has 1 aromatic heterocycles. The molecule has 3 atom stereocenters. The molecular weight excluding hydrogens is 244 g/mol. The molecule has 1 aliphatic heterocycles. The van der Waals surface area contributed by atoms with Crippen LogP contribution >= 0.6 is 0 Å². The standard InChI is InChI=1S/C13H22N4O2/c1-9(10(2)14)13(18)16-11-6-15-17(7-11)8-12-4-3-5-19-12/h6-7,9-10,12H,3-5,8,14H2,1-2H3,(H,16,18). The van der Waals surface area contributed by atoms with Gasteiger partial charge in [-0.05, 0) is 19.8 Å². The molecule has 1 aromatic rings. The molecule has 2 rings (SSSR count). The number of hydrogen-bond donors (Lipinski definition) is 2. The summed E-state index contributed by atoms with van der Waals surface area (Å²) in [4.78, 5) is 11.9. The Kier molecular flexibility index (Phi) is 4.55. The molecule has 0 saturated carbocycles. The van der Waals surface area contributed by atoms with Crippen LogP contribution in [0.2, 0.25) is 0 Å². The third-order valence-electron chi connectivity index (χ3n) is 3.52. The van der Waals surface area contributed by atoms with Crippen LogP contribution in [-0.2, 0) is 16.1 Å². The number of hydrogen-bond acceptors (Lipinski definition) is 4. The molecule has 3 N–H and O–H groups in total. The number of ether oxygens (including phenoxy) is 1. The summed E-state index contributed by atoms with van der Waals surface area (Å²) >= 11 is 0. The third-order valence-corrected chi connectivity index (χ3v) is 3.52. The van der Waals surface area contributed by atoms with Gasteiger partial charge in [0, 0.05) is 18.8 Å². The zero-order chi connectivity index (χ0) is 13.8. The number of aromatic nitrogens is 2. The predicted molar refractivity (Wildman–Crippen MR) is 72.6 cm³/mol. The van der Waals surface area contributed by atoms with E-state index in [0.717, 1.165) is 26.0 Å². The molecular formula is C13H22N4O2. The minimum Gasteiger partial charge on any atom is -0.376 e. The lowest BCUT2D eigenvalue weighted by molar-refractivity contribution is -0.119. The van der Waals surface area contributed by atoms with Gasteiger partial charge in [0.25, 0.3) is 0 Å². The van der Waals surface area contributed by atoms with Gasteiger partial charge in [0.15, 0.2) is 0 Å². The fourth-order valence-electron chi connectivity index (χ4n) is 2.02. The maximum absolute atomic E-state index is 11.9. The van der Waals surface area contributed by atoms with Crippen LogP contribution in [0, 0.1) is 5.92 Å². The second-order valence-corrected chi connectivity index (χ2v) is 5.22. The predicted octanol–water partition coefficient (Wildman–Crippen LogP) is 0.984. The summed E-state index contributed by atoms with van der Waals surface area (Å²) in [5.41, 5.74) is 6.41. The number of carbonyl (C=O) groups excluding carboxylic acids is 1. The number of carbonyl (C=O) groups is 1. The molecule has 6 heteroatoms. The third kappa shape index (κ3) is 3.78. The second kappa shape index (κ2) is 6.16. The Bertz CT molecular complexity index is 424. The van der Waals surface area contributed by atoms with E-state index in [9.17, 15) is 4.79 Å². The van der Waals surface area contributed by atoms with Crippen LogP contribution in [0.3, 0.4) is 0 Å². The van der Waals surface area contributed by atoms with Crippen LogP contribution in [0.15, 0.2) is 12.4 Å². The van der Waals surface area contributed by atoms with Gasteiger partial charge in [-0.3, -0.25) is 9.48 Å². The molecule has 1 amide bonds. The van der Waals surface area contributed by atoms with Crippen molar-refractivity contribution in [1.29, 1.82) is 0 Å². The molecule has 0 aliphatic carbocycles. The fraction of sp³-hybridized carbons (Fsp3) is 0.692. The lowest BCUT2D eigenvalue weighted by atomic mass is 10.0. The van der Waals surface area contributed by atoms with Gasteiger partial charge in [-0.1, -0.05) is 6.92 Å². The summed E-state index contributed by atoms with van der Waals surface area (Å²) in [6.45, 7) is 5.21. The minimum atomic E-state index is -0.221. The van der Waals surface area contributed by atoms with Crippen molar-refractivity contribution in [3.63, 3.8) is 0 Å². The molecule has 106 valence electrons. The molecule has 19 heavy (non-hydrogen) atoms. The molecule has 0 radical (unpaired) electrons. The molecule has 1 aliphatic rings. The van der Waals surface area contributed by atoms with Crippen molar-refractivity contribution >= 4 is 11.6 Å². The molecule has 1 fully saturated rings. The Labute approximate surface area is 113 Å². The first kappa shape index (κ1) is 14.0. The minimum absolute atomic E-state index is 0.0772. The zero-order valence-electron chi connectivity index (χ0n) is 11.5. The Hall–Kier alpha value is -1.40. The maximum Gasteiger partial charge on any atom is 0.228 e. The van der Waals surface area contributed by atoms with Crippen LogP contribution < -0.4 is 11.1 Å². The SMILES string of the molecule is CC(N)C(C)C(=O)Nc1cnn(CC2CCCO2)c1. The van der Waals surface area contributed by atoms with Crippen LogP contribution in [0.4, 0.5) is 5.69 Å². The number of nitrogens with one attached hydrogen (secondary N) is 1. The van der Waals surface area contributed by atoms with E-state index in [2.05, 4.69) is 10.4 Å². The zero-order valence-corrected chi connectivity index (χ0v) is 11.5. The Morgan fingerprint density at radius 1 is 1.68 bits per heavy atom. The largest absolute Gasteiger partial charge is 0.376 e. The second-order valence-electron chi connectivity index (χ2n) is 5.22. The Morgan fingerprint density at radius 2 is 2.47 bits per heavy atom. The number of rotatable bonds is 5. The van der Waals surface area contributed by atoms with E-state index in [1.54, 1.807) is 6.20 Å². The van der Waals surface area contributed by atoms with E-state index in [4.69, 9.17) is 10.5 Å². The van der Waals surface area contributed by atoms with Gasteiger partial charge >= 0.3 is 0 Å². The van der Waals surface area contributed by atoms with Crippen molar-refractivity contribution < 1.29 is 9.53 Å². The van der Waals surface area contributed by atoms with E-state index < -0.39 is 0 Å². The molecule has 6 nitrogen and oxygen atoms in total. The number of nitrogens with zero attached hydrogens (tertiary/aromatic N) is 2. The van der Waals surface area contributed by atoms with E-state index >= 15 is 0 Å². The van der Waals surface area contributed by atoms with Crippen molar-refractivity contribution in [3.05, 3.63) is 12.4 Å². The molecule has 0 aromatic carbocycles. The van der Waals surface area contributed by atoms with E-state index in [1.165, 1.54) is 0 Å². The van der Waals surface area contributed by atoms with Crippen molar-refractivity contribution in [2.24, 2.45) is 11.7 Å². The Balaban J connectivity index is 1.88. The van der Waals surface area contributed by atoms with E-state index in [1.807, 2.05) is 24.7 Å². The first-order valence-corrected chi connectivity index (χ1v) is 6.77. The number of anilines is 1. The monoisotopic (exact) mass is 266 g/mol. The van der Waals surface area contributed by atoms with Gasteiger partial charge in [0.1, 0.15) is 0 Å². The summed E-state index contributed by atoms with van der Waals surface area (Å²) in [5.74, 6) is -0.298. The highest BCUT2D eigenvalue weighted by atomic mass is 16.5. The lowest BCUT2D eigenvalue weighted by Gasteiger charge is -2.14. The summed E-state index contributed by atoms with van der Waals surface area (Å²) < 4.78 is 7.36. The van der Waals surface area contributed by atoms with Gasteiger partial charge in [-0.15, -0.1) is 0 Å². The lowest BCUT2D eigenvalue weighted by Crippen LogP contribution is -2.34. The average Bonchev–Trinajstić information content (AvgIpc) is 3.00. The topological polar surface area (TPSA) is 82.2 Å². The maximum atomic E-state index is 11.9. The molecule has 0 bridgehead atoms. The molecule has 1 saturated heterocycles. The fourth-order valence-corrected chi connectivity index (χ4v) is 2.02. The normalized spacial score (nSPS) is 22.2.